The van der Waals surface area contributed by atoms with Crippen LogP contribution in [0.4, 0.5) is 16.2 Å². The Morgan fingerprint density at radius 1 is 1.21 bits per heavy atom. The average molecular weight is 455 g/mol. The van der Waals surface area contributed by atoms with Gasteiger partial charge in [0.1, 0.15) is 11.9 Å². The Labute approximate surface area is 195 Å². The van der Waals surface area contributed by atoms with Crippen LogP contribution in [0.15, 0.2) is 48.5 Å². The fourth-order valence-corrected chi connectivity index (χ4v) is 3.80. The number of likely N-dealkylation sites (N-methyl/N-ethyl adjacent to an activating group) is 1. The molecule has 1 heterocycles. The molecular weight excluding hydrogens is 420 g/mol. The number of hydrogen-bond acceptors (Lipinski definition) is 5. The summed E-state index contributed by atoms with van der Waals surface area (Å²) in [5.74, 6) is 0.237. The molecule has 8 nitrogen and oxygen atoms in total. The topological polar surface area (TPSA) is 85.4 Å². The average Bonchev–Trinajstić information content (AvgIpc) is 2.80. The molecule has 2 aromatic rings. The SMILES string of the molecule is C[C@@H]1CN([C@H](C)CO)C(=O)c2cc(N(C)C)ccc2O[C@H]1CN(C)C(=O)Nc1ccccc1. The Kier molecular flexibility index (Phi) is 7.81. The van der Waals surface area contributed by atoms with Crippen LogP contribution in [0.3, 0.4) is 0 Å². The first-order valence-electron chi connectivity index (χ1n) is 11.2. The fourth-order valence-electron chi connectivity index (χ4n) is 3.80. The van der Waals surface area contributed by atoms with Gasteiger partial charge >= 0.3 is 6.03 Å². The van der Waals surface area contributed by atoms with E-state index in [0.29, 0.717) is 24.4 Å². The zero-order chi connectivity index (χ0) is 24.1. The smallest absolute Gasteiger partial charge is 0.321 e. The number of nitrogens with one attached hydrogen (secondary N) is 1. The summed E-state index contributed by atoms with van der Waals surface area (Å²) < 4.78 is 6.34. The summed E-state index contributed by atoms with van der Waals surface area (Å²) in [6.45, 7) is 4.44. The monoisotopic (exact) mass is 454 g/mol. The van der Waals surface area contributed by atoms with Gasteiger partial charge in [0.2, 0.25) is 0 Å². The van der Waals surface area contributed by atoms with Crippen molar-refractivity contribution >= 4 is 23.3 Å². The van der Waals surface area contributed by atoms with Crippen molar-refractivity contribution in [3.05, 3.63) is 54.1 Å². The van der Waals surface area contributed by atoms with Crippen LogP contribution in [-0.4, -0.2) is 79.8 Å². The number of para-hydroxylation sites is 1. The van der Waals surface area contributed by atoms with Crippen LogP contribution in [-0.2, 0) is 0 Å². The summed E-state index contributed by atoms with van der Waals surface area (Å²) in [5, 5.41) is 12.7. The number of hydrogen-bond donors (Lipinski definition) is 2. The second-order valence-electron chi connectivity index (χ2n) is 8.87. The predicted octanol–water partition coefficient (Wildman–Crippen LogP) is 3.14. The highest BCUT2D eigenvalue weighted by Crippen LogP contribution is 2.31. The molecule has 3 rings (SSSR count). The van der Waals surface area contributed by atoms with Gasteiger partial charge in [-0.25, -0.2) is 4.79 Å². The summed E-state index contributed by atoms with van der Waals surface area (Å²) in [7, 11) is 5.55. The molecule has 178 valence electrons. The van der Waals surface area contributed by atoms with Gasteiger partial charge < -0.3 is 29.9 Å². The molecule has 0 saturated carbocycles. The first kappa shape index (κ1) is 24.4. The van der Waals surface area contributed by atoms with Crippen molar-refractivity contribution in [3.8, 4) is 5.75 Å². The van der Waals surface area contributed by atoms with Gasteiger partial charge in [-0.1, -0.05) is 25.1 Å². The molecule has 0 bridgehead atoms. The number of carbonyl (C=O) groups excluding carboxylic acids is 2. The zero-order valence-electron chi connectivity index (χ0n) is 20.0. The molecule has 2 aromatic carbocycles. The molecule has 0 saturated heterocycles. The summed E-state index contributed by atoms with van der Waals surface area (Å²) in [4.78, 5) is 31.3. The molecule has 33 heavy (non-hydrogen) atoms. The Bertz CT molecular complexity index is 966. The molecule has 0 aliphatic carbocycles. The van der Waals surface area contributed by atoms with Crippen LogP contribution in [0.5, 0.6) is 5.75 Å². The zero-order valence-corrected chi connectivity index (χ0v) is 20.0. The Balaban J connectivity index is 1.87. The van der Waals surface area contributed by atoms with E-state index in [0.717, 1.165) is 11.4 Å². The van der Waals surface area contributed by atoms with E-state index in [9.17, 15) is 14.7 Å². The van der Waals surface area contributed by atoms with Crippen LogP contribution < -0.4 is 15.0 Å². The molecule has 0 spiro atoms. The third kappa shape index (κ3) is 5.76. The molecule has 0 unspecified atom stereocenters. The number of benzene rings is 2. The van der Waals surface area contributed by atoms with Crippen LogP contribution in [0.1, 0.15) is 24.2 Å². The predicted molar refractivity (Wildman–Crippen MR) is 130 cm³/mol. The lowest BCUT2D eigenvalue weighted by atomic mass is 9.99. The highest BCUT2D eigenvalue weighted by Gasteiger charge is 2.34. The molecule has 1 aliphatic rings. The van der Waals surface area contributed by atoms with E-state index in [4.69, 9.17) is 4.74 Å². The molecule has 3 atom stereocenters. The van der Waals surface area contributed by atoms with E-state index in [1.807, 2.05) is 75.3 Å². The van der Waals surface area contributed by atoms with Crippen molar-refractivity contribution in [2.24, 2.45) is 5.92 Å². The normalized spacial score (nSPS) is 19.0. The van der Waals surface area contributed by atoms with E-state index in [2.05, 4.69) is 5.32 Å². The maximum atomic E-state index is 13.4. The number of aliphatic hydroxyl groups excluding tert-OH is 1. The second kappa shape index (κ2) is 10.6. The second-order valence-corrected chi connectivity index (χ2v) is 8.87. The van der Waals surface area contributed by atoms with Gasteiger partial charge in [-0.05, 0) is 37.3 Å². The van der Waals surface area contributed by atoms with Crippen molar-refractivity contribution in [1.82, 2.24) is 9.80 Å². The van der Waals surface area contributed by atoms with Crippen molar-refractivity contribution in [2.75, 3.05) is 51.1 Å². The molecule has 0 fully saturated rings. The number of urea groups is 1. The molecular formula is C25H34N4O4. The lowest BCUT2D eigenvalue weighted by molar-refractivity contribution is 0.0371. The molecule has 8 heteroatoms. The van der Waals surface area contributed by atoms with Gasteiger partial charge in [-0.15, -0.1) is 0 Å². The molecule has 0 radical (unpaired) electrons. The van der Waals surface area contributed by atoms with Crippen LogP contribution in [0.2, 0.25) is 0 Å². The van der Waals surface area contributed by atoms with Crippen LogP contribution in [0.25, 0.3) is 0 Å². The first-order chi connectivity index (χ1) is 15.7. The summed E-state index contributed by atoms with van der Waals surface area (Å²) >= 11 is 0. The largest absolute Gasteiger partial charge is 0.487 e. The third-order valence-corrected chi connectivity index (χ3v) is 5.99. The van der Waals surface area contributed by atoms with Gasteiger partial charge in [0.15, 0.2) is 0 Å². The van der Waals surface area contributed by atoms with Gasteiger partial charge in [-0.3, -0.25) is 4.79 Å². The molecule has 0 aromatic heterocycles. The van der Waals surface area contributed by atoms with Crippen molar-refractivity contribution < 1.29 is 19.4 Å². The Hall–Kier alpha value is -3.26. The van der Waals surface area contributed by atoms with Crippen molar-refractivity contribution in [1.29, 1.82) is 0 Å². The summed E-state index contributed by atoms with van der Waals surface area (Å²) in [6.07, 6.45) is -0.345. The van der Waals surface area contributed by atoms with Gasteiger partial charge in [0.05, 0.1) is 24.8 Å². The highest BCUT2D eigenvalue weighted by atomic mass is 16.5. The first-order valence-corrected chi connectivity index (χ1v) is 11.2. The molecule has 1 aliphatic heterocycles. The number of fused-ring (bicyclic) bond motifs is 1. The van der Waals surface area contributed by atoms with Crippen molar-refractivity contribution in [3.63, 3.8) is 0 Å². The number of anilines is 2. The van der Waals surface area contributed by atoms with Gasteiger partial charge in [-0.2, -0.15) is 0 Å². The van der Waals surface area contributed by atoms with E-state index in [1.54, 1.807) is 22.9 Å². The van der Waals surface area contributed by atoms with Gasteiger partial charge in [0.25, 0.3) is 5.91 Å². The van der Waals surface area contributed by atoms with E-state index < -0.39 is 0 Å². The lowest BCUT2D eigenvalue weighted by Gasteiger charge is -2.38. The summed E-state index contributed by atoms with van der Waals surface area (Å²) in [6, 6.07) is 14.2. The minimum atomic E-state index is -0.345. The van der Waals surface area contributed by atoms with E-state index in [1.165, 1.54) is 0 Å². The van der Waals surface area contributed by atoms with E-state index >= 15 is 0 Å². The van der Waals surface area contributed by atoms with E-state index in [-0.39, 0.29) is 36.6 Å². The maximum Gasteiger partial charge on any atom is 0.321 e. The quantitative estimate of drug-likeness (QED) is 0.701. The standard InChI is InChI=1S/C25H34N4O4/c1-17-14-29(18(2)16-30)24(31)21-13-20(27(3)4)11-12-22(21)33-23(17)15-28(5)25(32)26-19-9-7-6-8-10-19/h6-13,17-18,23,30H,14-16H2,1-5H3,(H,26,32)/t17-,18-,23+/m1/s1. The van der Waals surface area contributed by atoms with Crippen molar-refractivity contribution in [2.45, 2.75) is 26.0 Å². The summed E-state index contributed by atoms with van der Waals surface area (Å²) in [5.41, 5.74) is 2.05. The molecule has 3 amide bonds. The Morgan fingerprint density at radius 2 is 1.91 bits per heavy atom. The number of nitrogens with zero attached hydrogens (tertiary/aromatic N) is 3. The number of ether oxygens (including phenoxy) is 1. The number of amides is 3. The van der Waals surface area contributed by atoms with Crippen LogP contribution in [0, 0.1) is 5.92 Å². The van der Waals surface area contributed by atoms with Gasteiger partial charge in [0, 0.05) is 45.0 Å². The van der Waals surface area contributed by atoms with Crippen LogP contribution >= 0.6 is 0 Å². The number of rotatable bonds is 6. The third-order valence-electron chi connectivity index (χ3n) is 5.99. The highest BCUT2D eigenvalue weighted by molar-refractivity contribution is 5.98. The minimum Gasteiger partial charge on any atom is -0.487 e. The molecule has 2 N–H and O–H groups in total. The number of aliphatic hydroxyl groups is 1. The lowest BCUT2D eigenvalue weighted by Crippen LogP contribution is -2.50. The Morgan fingerprint density at radius 3 is 2.55 bits per heavy atom. The maximum absolute atomic E-state index is 13.4. The minimum absolute atomic E-state index is 0.0726. The number of carbonyl (C=O) groups is 2. The fraction of sp³-hybridized carbons (Fsp3) is 0.440.